The molecule has 1 fully saturated rings. The van der Waals surface area contributed by atoms with E-state index in [0.717, 1.165) is 28.8 Å². The van der Waals surface area contributed by atoms with Crippen molar-refractivity contribution in [2.24, 2.45) is 0 Å². The van der Waals surface area contributed by atoms with Crippen molar-refractivity contribution >= 4 is 18.1 Å². The number of piperazine rings is 1. The van der Waals surface area contributed by atoms with Crippen LogP contribution < -0.4 is 9.64 Å². The number of methoxy groups -OCH3 is 1. The zero-order chi connectivity index (χ0) is 21.0. The van der Waals surface area contributed by atoms with Crippen LogP contribution in [0, 0.1) is 0 Å². The van der Waals surface area contributed by atoms with E-state index in [0.29, 0.717) is 31.7 Å². The Hall–Kier alpha value is -3.02. The van der Waals surface area contributed by atoms with Crippen LogP contribution in [0.2, 0.25) is 0 Å². The van der Waals surface area contributed by atoms with Crippen LogP contribution in [-0.2, 0) is 4.74 Å². The first-order valence-corrected chi connectivity index (χ1v) is 9.77. The predicted molar refractivity (Wildman–Crippen MR) is 114 cm³/mol. The summed E-state index contributed by atoms with van der Waals surface area (Å²) in [6.07, 6.45) is 0.579. The van der Waals surface area contributed by atoms with Crippen LogP contribution >= 0.6 is 0 Å². The van der Waals surface area contributed by atoms with Crippen LogP contribution in [0.15, 0.2) is 42.5 Å². The molecule has 6 nitrogen and oxygen atoms in total. The Morgan fingerprint density at radius 2 is 1.76 bits per heavy atom. The number of hydrogen-bond donors (Lipinski definition) is 0. The maximum absolute atomic E-state index is 12.3. The van der Waals surface area contributed by atoms with E-state index < -0.39 is 5.60 Å². The molecule has 0 saturated carbocycles. The van der Waals surface area contributed by atoms with Gasteiger partial charge in [0.1, 0.15) is 17.6 Å². The standard InChI is InChI=1S/C23H28N2O4/c1-23(2,3)29-22(27)25-12-10-24(11-13-25)21-9-8-17(16-26)14-20(21)18-6-5-7-19(15-18)28-4/h5-9,14-16H,10-13H2,1-4H3. The lowest BCUT2D eigenvalue weighted by Crippen LogP contribution is -2.50. The lowest BCUT2D eigenvalue weighted by atomic mass is 9.99. The number of amides is 1. The van der Waals surface area contributed by atoms with Crippen LogP contribution in [0.3, 0.4) is 0 Å². The maximum atomic E-state index is 12.3. The predicted octanol–water partition coefficient (Wildman–Crippen LogP) is 4.23. The Kier molecular flexibility index (Phi) is 6.11. The number of nitrogens with zero attached hydrogens (tertiary/aromatic N) is 2. The Balaban J connectivity index is 1.83. The fourth-order valence-corrected chi connectivity index (χ4v) is 3.38. The summed E-state index contributed by atoms with van der Waals surface area (Å²) in [5.41, 5.74) is 3.11. The minimum atomic E-state index is -0.502. The van der Waals surface area contributed by atoms with E-state index in [1.54, 1.807) is 12.0 Å². The third kappa shape index (κ3) is 5.08. The second-order valence-corrected chi connectivity index (χ2v) is 8.08. The lowest BCUT2D eigenvalue weighted by molar-refractivity contribution is 0.0240. The summed E-state index contributed by atoms with van der Waals surface area (Å²) in [5.74, 6) is 0.764. The molecule has 1 heterocycles. The molecule has 2 aromatic rings. The molecule has 1 saturated heterocycles. The summed E-state index contributed by atoms with van der Waals surface area (Å²) >= 11 is 0. The molecule has 0 aromatic heterocycles. The summed E-state index contributed by atoms with van der Waals surface area (Å²) in [7, 11) is 1.64. The van der Waals surface area contributed by atoms with Crippen molar-refractivity contribution in [2.45, 2.75) is 26.4 Å². The summed E-state index contributed by atoms with van der Waals surface area (Å²) in [4.78, 5) is 27.7. The van der Waals surface area contributed by atoms with Crippen LogP contribution in [0.25, 0.3) is 11.1 Å². The third-order valence-electron chi connectivity index (χ3n) is 4.81. The van der Waals surface area contributed by atoms with Crippen LogP contribution in [0.4, 0.5) is 10.5 Å². The Bertz CT molecular complexity index is 881. The second-order valence-electron chi connectivity index (χ2n) is 8.08. The Morgan fingerprint density at radius 1 is 1.03 bits per heavy atom. The first kappa shape index (κ1) is 20.7. The minimum Gasteiger partial charge on any atom is -0.497 e. The normalized spacial score (nSPS) is 14.5. The van der Waals surface area contributed by atoms with Crippen LogP contribution in [0.5, 0.6) is 5.75 Å². The average molecular weight is 396 g/mol. The van der Waals surface area contributed by atoms with Gasteiger partial charge >= 0.3 is 6.09 Å². The molecule has 2 aromatic carbocycles. The minimum absolute atomic E-state index is 0.276. The van der Waals surface area contributed by atoms with Gasteiger partial charge in [-0.2, -0.15) is 0 Å². The van der Waals surface area contributed by atoms with Gasteiger partial charge in [0.05, 0.1) is 7.11 Å². The van der Waals surface area contributed by atoms with Crippen molar-refractivity contribution in [3.05, 3.63) is 48.0 Å². The van der Waals surface area contributed by atoms with Gasteiger partial charge in [-0.05, 0) is 56.7 Å². The van der Waals surface area contributed by atoms with Gasteiger partial charge in [0.15, 0.2) is 0 Å². The quantitative estimate of drug-likeness (QED) is 0.724. The molecule has 0 unspecified atom stereocenters. The molecule has 0 bridgehead atoms. The van der Waals surface area contributed by atoms with Gasteiger partial charge in [-0.1, -0.05) is 12.1 Å². The highest BCUT2D eigenvalue weighted by Gasteiger charge is 2.27. The van der Waals surface area contributed by atoms with Gasteiger partial charge in [0, 0.05) is 43.0 Å². The molecular weight excluding hydrogens is 368 g/mol. The van der Waals surface area contributed by atoms with Crippen molar-refractivity contribution in [1.29, 1.82) is 0 Å². The summed E-state index contributed by atoms with van der Waals surface area (Å²) in [6.45, 7) is 8.17. The molecule has 6 heteroatoms. The molecule has 29 heavy (non-hydrogen) atoms. The van der Waals surface area contributed by atoms with Gasteiger partial charge in [0.2, 0.25) is 0 Å². The Labute approximate surface area is 172 Å². The zero-order valence-electron chi connectivity index (χ0n) is 17.5. The van der Waals surface area contributed by atoms with Gasteiger partial charge in [-0.3, -0.25) is 4.79 Å². The van der Waals surface area contributed by atoms with E-state index in [9.17, 15) is 9.59 Å². The number of carbonyl (C=O) groups is 2. The third-order valence-corrected chi connectivity index (χ3v) is 4.81. The van der Waals surface area contributed by atoms with Crippen molar-refractivity contribution in [1.82, 2.24) is 4.90 Å². The van der Waals surface area contributed by atoms with E-state index in [4.69, 9.17) is 9.47 Å². The molecule has 1 aliphatic rings. The lowest BCUT2D eigenvalue weighted by Gasteiger charge is -2.37. The number of benzene rings is 2. The van der Waals surface area contributed by atoms with Crippen LogP contribution in [-0.4, -0.2) is 56.2 Å². The number of anilines is 1. The van der Waals surface area contributed by atoms with E-state index in [2.05, 4.69) is 4.90 Å². The van der Waals surface area contributed by atoms with Crippen molar-refractivity contribution < 1.29 is 19.1 Å². The molecule has 3 rings (SSSR count). The van der Waals surface area contributed by atoms with Gasteiger partial charge in [0.25, 0.3) is 0 Å². The molecule has 0 atom stereocenters. The monoisotopic (exact) mass is 396 g/mol. The highest BCUT2D eigenvalue weighted by molar-refractivity contribution is 5.86. The van der Waals surface area contributed by atoms with Crippen molar-refractivity contribution in [3.63, 3.8) is 0 Å². The maximum Gasteiger partial charge on any atom is 0.410 e. The zero-order valence-corrected chi connectivity index (χ0v) is 17.5. The molecule has 1 aliphatic heterocycles. The van der Waals surface area contributed by atoms with E-state index >= 15 is 0 Å². The molecule has 0 N–H and O–H groups in total. The summed E-state index contributed by atoms with van der Waals surface area (Å²) in [5, 5.41) is 0. The SMILES string of the molecule is COc1cccc(-c2cc(C=O)ccc2N2CCN(C(=O)OC(C)(C)C)CC2)c1. The van der Waals surface area contributed by atoms with E-state index in [1.165, 1.54) is 0 Å². The van der Waals surface area contributed by atoms with E-state index in [-0.39, 0.29) is 6.09 Å². The molecule has 0 radical (unpaired) electrons. The summed E-state index contributed by atoms with van der Waals surface area (Å²) in [6, 6.07) is 13.5. The number of carbonyl (C=O) groups excluding carboxylic acids is 2. The molecule has 154 valence electrons. The number of aldehydes is 1. The molecule has 0 spiro atoms. The molecule has 0 aliphatic carbocycles. The van der Waals surface area contributed by atoms with Crippen LogP contribution in [0.1, 0.15) is 31.1 Å². The fraction of sp³-hybridized carbons (Fsp3) is 0.391. The van der Waals surface area contributed by atoms with Gasteiger partial charge < -0.3 is 19.3 Å². The first-order valence-electron chi connectivity index (χ1n) is 9.77. The number of hydrogen-bond acceptors (Lipinski definition) is 5. The van der Waals surface area contributed by atoms with Crippen molar-refractivity contribution in [2.75, 3.05) is 38.2 Å². The number of ether oxygens (including phenoxy) is 2. The second kappa shape index (κ2) is 8.55. The van der Waals surface area contributed by atoms with Gasteiger partial charge in [-0.25, -0.2) is 4.79 Å². The smallest absolute Gasteiger partial charge is 0.410 e. The molecule has 1 amide bonds. The first-order chi connectivity index (χ1) is 13.8. The van der Waals surface area contributed by atoms with Gasteiger partial charge in [-0.15, -0.1) is 0 Å². The summed E-state index contributed by atoms with van der Waals surface area (Å²) < 4.78 is 10.8. The van der Waals surface area contributed by atoms with Crippen molar-refractivity contribution in [3.8, 4) is 16.9 Å². The fourth-order valence-electron chi connectivity index (χ4n) is 3.38. The average Bonchev–Trinajstić information content (AvgIpc) is 2.72. The molecular formula is C23H28N2O4. The Morgan fingerprint density at radius 3 is 2.38 bits per heavy atom. The van der Waals surface area contributed by atoms with E-state index in [1.807, 2.05) is 63.2 Å². The highest BCUT2D eigenvalue weighted by atomic mass is 16.6. The topological polar surface area (TPSA) is 59.1 Å². The number of rotatable bonds is 4. The largest absolute Gasteiger partial charge is 0.497 e. The highest BCUT2D eigenvalue weighted by Crippen LogP contribution is 2.34.